The number of aliphatic hydroxyl groups excluding tert-OH is 1. The van der Waals surface area contributed by atoms with Crippen LogP contribution < -0.4 is 0 Å². The summed E-state index contributed by atoms with van der Waals surface area (Å²) >= 11 is 0. The highest BCUT2D eigenvalue weighted by Crippen LogP contribution is 2.24. The summed E-state index contributed by atoms with van der Waals surface area (Å²) in [6, 6.07) is 9.96. The van der Waals surface area contributed by atoms with Gasteiger partial charge in [-0.3, -0.25) is 0 Å². The van der Waals surface area contributed by atoms with E-state index >= 15 is 0 Å². The molecule has 17 heavy (non-hydrogen) atoms. The minimum atomic E-state index is -0.350. The topological polar surface area (TPSA) is 23.5 Å². The lowest BCUT2D eigenvalue weighted by Gasteiger charge is -2.36. The third-order valence-corrected chi connectivity index (χ3v) is 4.03. The second-order valence-electron chi connectivity index (χ2n) is 5.43. The summed E-state index contributed by atoms with van der Waals surface area (Å²) in [6.07, 6.45) is 0.902. The van der Waals surface area contributed by atoms with Crippen molar-refractivity contribution in [1.82, 2.24) is 4.90 Å². The first-order chi connectivity index (χ1) is 8.16. The summed E-state index contributed by atoms with van der Waals surface area (Å²) in [7, 11) is 0. The zero-order valence-corrected chi connectivity index (χ0v) is 10.8. The molecule has 0 radical (unpaired) electrons. The fourth-order valence-electron chi connectivity index (χ4n) is 2.54. The van der Waals surface area contributed by atoms with Crippen molar-refractivity contribution in [3.05, 3.63) is 35.9 Å². The van der Waals surface area contributed by atoms with Crippen molar-refractivity contribution < 1.29 is 5.11 Å². The highest BCUT2D eigenvalue weighted by atomic mass is 16.3. The van der Waals surface area contributed by atoms with Gasteiger partial charge >= 0.3 is 0 Å². The maximum Gasteiger partial charge on any atom is 0.0916 e. The van der Waals surface area contributed by atoms with E-state index in [1.54, 1.807) is 0 Å². The van der Waals surface area contributed by atoms with Crippen LogP contribution in [0.3, 0.4) is 0 Å². The van der Waals surface area contributed by atoms with Crippen molar-refractivity contribution in [3.8, 4) is 0 Å². The van der Waals surface area contributed by atoms with Gasteiger partial charge in [-0.15, -0.1) is 0 Å². The van der Waals surface area contributed by atoms with Gasteiger partial charge in [0.2, 0.25) is 0 Å². The molecule has 0 spiro atoms. The van der Waals surface area contributed by atoms with Gasteiger partial charge in [-0.1, -0.05) is 44.2 Å². The summed E-state index contributed by atoms with van der Waals surface area (Å²) in [4.78, 5) is 2.39. The third-order valence-electron chi connectivity index (χ3n) is 4.03. The van der Waals surface area contributed by atoms with E-state index in [1.807, 2.05) is 30.3 Å². The van der Waals surface area contributed by atoms with Gasteiger partial charge in [-0.05, 0) is 30.4 Å². The first-order valence-electron chi connectivity index (χ1n) is 6.62. The van der Waals surface area contributed by atoms with Crippen molar-refractivity contribution in [2.45, 2.75) is 26.4 Å². The first kappa shape index (κ1) is 12.6. The molecule has 3 atom stereocenters. The number of hydrogen-bond acceptors (Lipinski definition) is 2. The number of hydrogen-bond donors (Lipinski definition) is 1. The zero-order chi connectivity index (χ0) is 12.3. The molecular formula is C15H23NO. The van der Waals surface area contributed by atoms with Crippen LogP contribution in [0.1, 0.15) is 31.9 Å². The van der Waals surface area contributed by atoms with Crippen LogP contribution in [0.5, 0.6) is 0 Å². The Morgan fingerprint density at radius 2 is 1.94 bits per heavy atom. The fourth-order valence-corrected chi connectivity index (χ4v) is 2.54. The van der Waals surface area contributed by atoms with Gasteiger partial charge in [0, 0.05) is 13.1 Å². The smallest absolute Gasteiger partial charge is 0.0916 e. The largest absolute Gasteiger partial charge is 0.387 e. The highest BCUT2D eigenvalue weighted by Gasteiger charge is 2.24. The molecule has 94 valence electrons. The SMILES string of the molecule is CC1CCN(CC(O)c2ccccc2)CC1C. The normalized spacial score (nSPS) is 27.9. The highest BCUT2D eigenvalue weighted by molar-refractivity contribution is 5.17. The van der Waals surface area contributed by atoms with E-state index in [0.29, 0.717) is 0 Å². The Morgan fingerprint density at radius 3 is 2.59 bits per heavy atom. The molecule has 1 fully saturated rings. The van der Waals surface area contributed by atoms with Crippen molar-refractivity contribution in [3.63, 3.8) is 0 Å². The van der Waals surface area contributed by atoms with Gasteiger partial charge in [-0.2, -0.15) is 0 Å². The maximum absolute atomic E-state index is 10.2. The Balaban J connectivity index is 1.89. The molecule has 1 aromatic rings. The molecule has 0 amide bonds. The van der Waals surface area contributed by atoms with Crippen LogP contribution in [0.25, 0.3) is 0 Å². The van der Waals surface area contributed by atoms with Crippen LogP contribution in [0.2, 0.25) is 0 Å². The second kappa shape index (κ2) is 5.65. The minimum absolute atomic E-state index is 0.350. The Kier molecular flexibility index (Phi) is 4.19. The van der Waals surface area contributed by atoms with Gasteiger partial charge in [0.15, 0.2) is 0 Å². The Hall–Kier alpha value is -0.860. The van der Waals surface area contributed by atoms with Crippen LogP contribution in [-0.2, 0) is 0 Å². The maximum atomic E-state index is 10.2. The van der Waals surface area contributed by atoms with Gasteiger partial charge in [0.1, 0.15) is 0 Å². The third kappa shape index (κ3) is 3.30. The van der Waals surface area contributed by atoms with Crippen molar-refractivity contribution >= 4 is 0 Å². The van der Waals surface area contributed by atoms with Gasteiger partial charge in [0.25, 0.3) is 0 Å². The second-order valence-corrected chi connectivity index (χ2v) is 5.43. The number of piperidine rings is 1. The molecule has 0 aromatic heterocycles. The standard InChI is InChI=1S/C15H23NO/c1-12-8-9-16(10-13(12)2)11-15(17)14-6-4-3-5-7-14/h3-7,12-13,15,17H,8-11H2,1-2H3. The van der Waals surface area contributed by atoms with Crippen LogP contribution in [-0.4, -0.2) is 29.6 Å². The van der Waals surface area contributed by atoms with E-state index in [2.05, 4.69) is 18.7 Å². The molecule has 1 aliphatic heterocycles. The van der Waals surface area contributed by atoms with Crippen LogP contribution in [0.4, 0.5) is 0 Å². The molecule has 1 heterocycles. The lowest BCUT2D eigenvalue weighted by atomic mass is 9.88. The Labute approximate surface area is 104 Å². The summed E-state index contributed by atoms with van der Waals surface area (Å²) in [5.74, 6) is 1.56. The lowest BCUT2D eigenvalue weighted by Crippen LogP contribution is -2.40. The average molecular weight is 233 g/mol. The molecule has 2 rings (SSSR count). The molecule has 1 aliphatic rings. The average Bonchev–Trinajstić information content (AvgIpc) is 2.35. The van der Waals surface area contributed by atoms with Crippen LogP contribution in [0.15, 0.2) is 30.3 Å². The number of rotatable bonds is 3. The van der Waals surface area contributed by atoms with E-state index < -0.39 is 0 Å². The van der Waals surface area contributed by atoms with E-state index in [4.69, 9.17) is 0 Å². The number of likely N-dealkylation sites (tertiary alicyclic amines) is 1. The molecule has 2 heteroatoms. The molecular weight excluding hydrogens is 210 g/mol. The fraction of sp³-hybridized carbons (Fsp3) is 0.600. The van der Waals surface area contributed by atoms with Crippen molar-refractivity contribution in [2.75, 3.05) is 19.6 Å². The molecule has 1 saturated heterocycles. The van der Waals surface area contributed by atoms with Crippen molar-refractivity contribution in [2.24, 2.45) is 11.8 Å². The summed E-state index contributed by atoms with van der Waals surface area (Å²) in [5.41, 5.74) is 1.03. The molecule has 0 bridgehead atoms. The minimum Gasteiger partial charge on any atom is -0.387 e. The van der Waals surface area contributed by atoms with Crippen molar-refractivity contribution in [1.29, 1.82) is 0 Å². The summed E-state index contributed by atoms with van der Waals surface area (Å²) in [6.45, 7) is 7.64. The number of nitrogens with zero attached hydrogens (tertiary/aromatic N) is 1. The summed E-state index contributed by atoms with van der Waals surface area (Å²) in [5, 5.41) is 10.2. The van der Waals surface area contributed by atoms with Gasteiger partial charge < -0.3 is 10.0 Å². The van der Waals surface area contributed by atoms with Gasteiger partial charge in [-0.25, -0.2) is 0 Å². The molecule has 0 aliphatic carbocycles. The van der Waals surface area contributed by atoms with E-state index in [-0.39, 0.29) is 6.10 Å². The van der Waals surface area contributed by atoms with E-state index in [9.17, 15) is 5.11 Å². The number of benzene rings is 1. The first-order valence-corrected chi connectivity index (χ1v) is 6.62. The quantitative estimate of drug-likeness (QED) is 0.867. The monoisotopic (exact) mass is 233 g/mol. The summed E-state index contributed by atoms with van der Waals surface area (Å²) < 4.78 is 0. The predicted molar refractivity (Wildman–Crippen MR) is 70.8 cm³/mol. The molecule has 1 N–H and O–H groups in total. The van der Waals surface area contributed by atoms with Gasteiger partial charge in [0.05, 0.1) is 6.10 Å². The Morgan fingerprint density at radius 1 is 1.24 bits per heavy atom. The Bertz CT molecular complexity index is 338. The molecule has 0 saturated carbocycles. The lowest BCUT2D eigenvalue weighted by molar-refractivity contribution is 0.0705. The molecule has 1 aromatic carbocycles. The number of β-amino-alcohol motifs (C(OH)–C–C–N with tert-alkyl or cyclic N) is 1. The van der Waals surface area contributed by atoms with E-state index in [0.717, 1.165) is 37.0 Å². The predicted octanol–water partition coefficient (Wildman–Crippen LogP) is 2.70. The molecule has 2 nitrogen and oxygen atoms in total. The zero-order valence-electron chi connectivity index (χ0n) is 10.8. The molecule has 3 unspecified atom stereocenters. The van der Waals surface area contributed by atoms with E-state index in [1.165, 1.54) is 6.42 Å². The van der Waals surface area contributed by atoms with Crippen LogP contribution in [0, 0.1) is 11.8 Å². The van der Waals surface area contributed by atoms with Crippen LogP contribution >= 0.6 is 0 Å². The number of aliphatic hydroxyl groups is 1.